The molecule has 6 aromatic carbocycles. The summed E-state index contributed by atoms with van der Waals surface area (Å²) >= 11 is 3.51. The second kappa shape index (κ2) is 11.5. The molecule has 0 bridgehead atoms. The summed E-state index contributed by atoms with van der Waals surface area (Å²) in [7, 11) is 0. The van der Waals surface area contributed by atoms with E-state index in [2.05, 4.69) is 156 Å². The van der Waals surface area contributed by atoms with Gasteiger partial charge in [-0.2, -0.15) is 0 Å². The van der Waals surface area contributed by atoms with Crippen molar-refractivity contribution in [3.05, 3.63) is 132 Å². The summed E-state index contributed by atoms with van der Waals surface area (Å²) in [6.45, 7) is 6.28. The van der Waals surface area contributed by atoms with E-state index in [1.54, 1.807) is 22.7 Å². The zero-order valence-electron chi connectivity index (χ0n) is 27.7. The number of rotatable bonds is 6. The van der Waals surface area contributed by atoms with Crippen molar-refractivity contribution >= 4 is 98.9 Å². The number of hydrogen-bond acceptors (Lipinski definition) is 4. The Balaban J connectivity index is 1.04. The topological polar surface area (TPSA) is 35.6 Å². The van der Waals surface area contributed by atoms with Gasteiger partial charge >= 0.3 is 0 Å². The molecule has 0 aliphatic carbocycles. The van der Waals surface area contributed by atoms with E-state index in [1.165, 1.54) is 75.3 Å². The average Bonchev–Trinajstić information content (AvgIpc) is 3.93. The number of benzene rings is 6. The minimum Gasteiger partial charge on any atom is -0.341 e. The smallest absolute Gasteiger partial charge is 0.124 e. The third-order valence-electron chi connectivity index (χ3n) is 9.96. The quantitative estimate of drug-likeness (QED) is 0.164. The summed E-state index contributed by atoms with van der Waals surface area (Å²) in [6.07, 6.45) is 4.50. The van der Waals surface area contributed by atoms with Crippen molar-refractivity contribution in [2.45, 2.75) is 26.9 Å². The Hall–Kier alpha value is -5.56. The molecule has 10 aromatic rings. The van der Waals surface area contributed by atoms with Gasteiger partial charge in [0.15, 0.2) is 0 Å². The van der Waals surface area contributed by atoms with Crippen molar-refractivity contribution in [2.24, 2.45) is 0 Å². The molecule has 0 atom stereocenters. The molecule has 0 saturated heterocycles. The average molecular weight is 681 g/mol. The number of nitrogens with zero attached hydrogens (tertiary/aromatic N) is 4. The predicted molar refractivity (Wildman–Crippen MR) is 216 cm³/mol. The Morgan fingerprint density at radius 1 is 0.480 bits per heavy atom. The minimum absolute atomic E-state index is 0.918. The molecule has 0 N–H and O–H groups in total. The van der Waals surface area contributed by atoms with Crippen LogP contribution in [0.5, 0.6) is 0 Å². The molecule has 4 aromatic heterocycles. The van der Waals surface area contributed by atoms with Gasteiger partial charge in [0.25, 0.3) is 0 Å². The number of aromatic nitrogens is 4. The van der Waals surface area contributed by atoms with Crippen LogP contribution in [-0.2, 0) is 13.1 Å². The summed E-state index contributed by atoms with van der Waals surface area (Å²) in [4.78, 5) is 9.90. The van der Waals surface area contributed by atoms with Crippen LogP contribution >= 0.6 is 22.7 Å². The van der Waals surface area contributed by atoms with Crippen LogP contribution in [0.2, 0.25) is 0 Å². The van der Waals surface area contributed by atoms with Crippen LogP contribution in [-0.4, -0.2) is 19.1 Å². The zero-order valence-corrected chi connectivity index (χ0v) is 29.4. The Kier molecular flexibility index (Phi) is 6.76. The molecule has 0 amide bonds. The molecular formula is C44H32N4S2. The van der Waals surface area contributed by atoms with Crippen molar-refractivity contribution in [2.75, 3.05) is 0 Å². The van der Waals surface area contributed by atoms with Gasteiger partial charge in [0.05, 0.1) is 20.4 Å². The Morgan fingerprint density at radius 3 is 1.30 bits per heavy atom. The third kappa shape index (κ3) is 4.63. The molecule has 4 nitrogen and oxygen atoms in total. The molecule has 0 radical (unpaired) electrons. The predicted octanol–water partition coefficient (Wildman–Crippen LogP) is 12.7. The van der Waals surface area contributed by atoms with E-state index in [9.17, 15) is 0 Å². The molecule has 240 valence electrons. The first-order chi connectivity index (χ1) is 24.6. The van der Waals surface area contributed by atoms with Gasteiger partial charge in [-0.3, -0.25) is 0 Å². The maximum atomic E-state index is 4.95. The SMILES string of the molecule is CCn1c2ccc(C=Cc3ccc4c(c3)c3cc(-c5nc6ccccc6s5)ccc3n4CC)cc2c2cc(-c3nc4ccccc4s3)ccc21. The van der Waals surface area contributed by atoms with Crippen molar-refractivity contribution in [3.8, 4) is 21.1 Å². The summed E-state index contributed by atoms with van der Waals surface area (Å²) in [5, 5.41) is 7.21. The molecule has 4 heterocycles. The Labute approximate surface area is 297 Å². The highest BCUT2D eigenvalue weighted by atomic mass is 32.1. The second-order valence-corrected chi connectivity index (χ2v) is 14.9. The van der Waals surface area contributed by atoms with Crippen LogP contribution in [0.1, 0.15) is 25.0 Å². The molecule has 0 unspecified atom stereocenters. The summed E-state index contributed by atoms with van der Waals surface area (Å²) < 4.78 is 7.27. The van der Waals surface area contributed by atoms with Crippen LogP contribution in [0.15, 0.2) is 121 Å². The Morgan fingerprint density at radius 2 is 0.880 bits per heavy atom. The standard InChI is InChI=1S/C44H32N4S2/c1-3-47-37-19-15-27(23-31(37)33-25-29(17-21-39(33)47)43-45-35-9-5-7-11-41(35)49-43)13-14-28-16-20-38-32(24-28)34-26-30(18-22-40(34)48(38)4-2)44-46-36-10-6-8-12-42(36)50-44/h5-26H,3-4H2,1-2H3. The highest BCUT2D eigenvalue weighted by Gasteiger charge is 2.15. The van der Waals surface area contributed by atoms with E-state index >= 15 is 0 Å². The normalized spacial score (nSPS) is 12.3. The van der Waals surface area contributed by atoms with Crippen molar-refractivity contribution in [1.29, 1.82) is 0 Å². The van der Waals surface area contributed by atoms with Gasteiger partial charge in [-0.15, -0.1) is 22.7 Å². The second-order valence-electron chi connectivity index (χ2n) is 12.8. The van der Waals surface area contributed by atoms with E-state index in [0.717, 1.165) is 34.1 Å². The lowest BCUT2D eigenvalue weighted by molar-refractivity contribution is 0.827. The maximum Gasteiger partial charge on any atom is 0.124 e. The summed E-state index contributed by atoms with van der Waals surface area (Å²) in [5.74, 6) is 0. The fraction of sp³-hybridized carbons (Fsp3) is 0.0909. The largest absolute Gasteiger partial charge is 0.341 e. The highest BCUT2D eigenvalue weighted by Crippen LogP contribution is 2.38. The van der Waals surface area contributed by atoms with Crippen molar-refractivity contribution < 1.29 is 0 Å². The van der Waals surface area contributed by atoms with E-state index in [1.807, 2.05) is 0 Å². The van der Waals surface area contributed by atoms with Gasteiger partial charge in [0.1, 0.15) is 10.0 Å². The molecule has 0 fully saturated rings. The van der Waals surface area contributed by atoms with Crippen LogP contribution in [0.4, 0.5) is 0 Å². The molecule has 0 saturated carbocycles. The molecule has 0 aliphatic rings. The lowest BCUT2D eigenvalue weighted by Crippen LogP contribution is -1.92. The number of para-hydroxylation sites is 2. The number of aryl methyl sites for hydroxylation is 2. The van der Waals surface area contributed by atoms with Crippen LogP contribution in [0.3, 0.4) is 0 Å². The van der Waals surface area contributed by atoms with Crippen molar-refractivity contribution in [3.63, 3.8) is 0 Å². The van der Waals surface area contributed by atoms with Crippen LogP contribution in [0, 0.1) is 0 Å². The molecule has 0 spiro atoms. The van der Waals surface area contributed by atoms with E-state index in [-0.39, 0.29) is 0 Å². The fourth-order valence-corrected chi connectivity index (χ4v) is 9.51. The molecule has 6 heteroatoms. The number of hydrogen-bond donors (Lipinski definition) is 0. The molecule has 50 heavy (non-hydrogen) atoms. The fourth-order valence-electron chi connectivity index (χ4n) is 7.58. The number of fused-ring (bicyclic) bond motifs is 8. The monoisotopic (exact) mass is 680 g/mol. The number of thiazole rings is 2. The van der Waals surface area contributed by atoms with Crippen LogP contribution in [0.25, 0.3) is 97.3 Å². The van der Waals surface area contributed by atoms with E-state index in [4.69, 9.17) is 9.97 Å². The van der Waals surface area contributed by atoms with E-state index in [0.29, 0.717) is 0 Å². The Bertz CT molecular complexity index is 2700. The van der Waals surface area contributed by atoms with Gasteiger partial charge in [-0.25, -0.2) is 9.97 Å². The minimum atomic E-state index is 0.918. The maximum absolute atomic E-state index is 4.95. The van der Waals surface area contributed by atoms with Crippen LogP contribution < -0.4 is 0 Å². The molecular weight excluding hydrogens is 649 g/mol. The van der Waals surface area contributed by atoms with Gasteiger partial charge in [-0.1, -0.05) is 48.6 Å². The first kappa shape index (κ1) is 29.4. The van der Waals surface area contributed by atoms with Crippen molar-refractivity contribution in [1.82, 2.24) is 19.1 Å². The van der Waals surface area contributed by atoms with Gasteiger partial charge in [-0.05, 0) is 110 Å². The zero-order chi connectivity index (χ0) is 33.3. The molecule has 10 rings (SSSR count). The van der Waals surface area contributed by atoms with Gasteiger partial charge in [0.2, 0.25) is 0 Å². The first-order valence-corrected chi connectivity index (χ1v) is 18.8. The van der Waals surface area contributed by atoms with Gasteiger partial charge in [0, 0.05) is 67.8 Å². The lowest BCUT2D eigenvalue weighted by atomic mass is 10.0. The lowest BCUT2D eigenvalue weighted by Gasteiger charge is -2.04. The summed E-state index contributed by atoms with van der Waals surface area (Å²) in [5.41, 5.74) is 11.9. The third-order valence-corrected chi connectivity index (χ3v) is 12.1. The summed E-state index contributed by atoms with van der Waals surface area (Å²) in [6, 6.07) is 44.1. The highest BCUT2D eigenvalue weighted by molar-refractivity contribution is 7.22. The molecule has 0 aliphatic heterocycles. The van der Waals surface area contributed by atoms with E-state index < -0.39 is 0 Å². The first-order valence-electron chi connectivity index (χ1n) is 17.2. The van der Waals surface area contributed by atoms with Gasteiger partial charge < -0.3 is 9.13 Å².